The summed E-state index contributed by atoms with van der Waals surface area (Å²) < 4.78 is 5.48. The van der Waals surface area contributed by atoms with E-state index in [0.717, 1.165) is 6.42 Å². The lowest BCUT2D eigenvalue weighted by Crippen LogP contribution is -1.97. The summed E-state index contributed by atoms with van der Waals surface area (Å²) in [5.74, 6) is 0.645. The average Bonchev–Trinajstić information content (AvgIpc) is 2.19. The minimum atomic E-state index is 0.416. The monoisotopic (exact) mass is 231 g/mol. The maximum Gasteiger partial charge on any atom is 0.139 e. The van der Waals surface area contributed by atoms with Crippen molar-refractivity contribution >= 4 is 23.2 Å². The highest BCUT2D eigenvalue weighted by molar-refractivity contribution is 6.42. The molecule has 1 radical (unpaired) electrons. The van der Waals surface area contributed by atoms with Gasteiger partial charge in [-0.25, -0.2) is 0 Å². The fourth-order valence-corrected chi connectivity index (χ4v) is 1.41. The Bertz CT molecular complexity index is 287. The molecule has 0 aliphatic rings. The second-order valence-electron chi connectivity index (χ2n) is 3.03. The fraction of sp³-hybridized carbons (Fsp3) is 0.455. The lowest BCUT2D eigenvalue weighted by Gasteiger charge is -2.07. The van der Waals surface area contributed by atoms with Crippen LogP contribution in [-0.2, 0) is 0 Å². The predicted molar refractivity (Wildman–Crippen MR) is 60.3 cm³/mol. The van der Waals surface area contributed by atoms with Crippen LogP contribution in [0.25, 0.3) is 0 Å². The first-order chi connectivity index (χ1) is 6.75. The second kappa shape index (κ2) is 6.15. The van der Waals surface area contributed by atoms with E-state index in [0.29, 0.717) is 22.4 Å². The van der Waals surface area contributed by atoms with Gasteiger partial charge >= 0.3 is 0 Å². The van der Waals surface area contributed by atoms with E-state index in [1.807, 2.05) is 0 Å². The lowest BCUT2D eigenvalue weighted by molar-refractivity contribution is 0.306. The van der Waals surface area contributed by atoms with E-state index in [4.69, 9.17) is 27.9 Å². The van der Waals surface area contributed by atoms with Crippen molar-refractivity contribution in [3.8, 4) is 5.75 Å². The van der Waals surface area contributed by atoms with E-state index in [1.54, 1.807) is 12.1 Å². The van der Waals surface area contributed by atoms with E-state index in [2.05, 4.69) is 13.0 Å². The molecule has 14 heavy (non-hydrogen) atoms. The molecule has 0 atom stereocenters. The number of hydrogen-bond donors (Lipinski definition) is 0. The minimum absolute atomic E-state index is 0.416. The molecule has 0 spiro atoms. The van der Waals surface area contributed by atoms with Crippen LogP contribution in [-0.4, -0.2) is 6.61 Å². The Morgan fingerprint density at radius 3 is 2.86 bits per heavy atom. The highest BCUT2D eigenvalue weighted by Gasteiger charge is 2.04. The number of benzene rings is 1. The first kappa shape index (κ1) is 11.7. The van der Waals surface area contributed by atoms with Crippen LogP contribution in [0.15, 0.2) is 12.1 Å². The zero-order valence-corrected chi connectivity index (χ0v) is 9.66. The van der Waals surface area contributed by atoms with Gasteiger partial charge in [-0.2, -0.15) is 0 Å². The van der Waals surface area contributed by atoms with Crippen molar-refractivity contribution in [2.75, 3.05) is 6.61 Å². The summed E-state index contributed by atoms with van der Waals surface area (Å²) in [7, 11) is 0. The standard InChI is InChI=1S/C11H13Cl2O/c1-2-3-4-8-14-10-7-5-6-9(12)11(10)13/h5,7H,2-4,8H2,1H3. The quantitative estimate of drug-likeness (QED) is 0.685. The van der Waals surface area contributed by atoms with E-state index in [1.165, 1.54) is 12.8 Å². The van der Waals surface area contributed by atoms with Crippen LogP contribution >= 0.6 is 23.2 Å². The first-order valence-corrected chi connectivity index (χ1v) is 5.49. The molecule has 0 aromatic heterocycles. The Labute approximate surface area is 95.0 Å². The van der Waals surface area contributed by atoms with Gasteiger partial charge in [0.25, 0.3) is 0 Å². The largest absolute Gasteiger partial charge is 0.492 e. The molecule has 77 valence electrons. The molecule has 1 aromatic carbocycles. The Morgan fingerprint density at radius 1 is 1.36 bits per heavy atom. The predicted octanol–water partition coefficient (Wildman–Crippen LogP) is 4.36. The van der Waals surface area contributed by atoms with Crippen molar-refractivity contribution in [3.05, 3.63) is 28.2 Å². The number of hydrogen-bond acceptors (Lipinski definition) is 1. The van der Waals surface area contributed by atoms with E-state index in [-0.39, 0.29) is 0 Å². The molecule has 1 nitrogen and oxygen atoms in total. The van der Waals surface area contributed by atoms with Crippen molar-refractivity contribution in [3.63, 3.8) is 0 Å². The first-order valence-electron chi connectivity index (χ1n) is 4.74. The van der Waals surface area contributed by atoms with Gasteiger partial charge < -0.3 is 4.74 Å². The molecule has 0 saturated heterocycles. The molecule has 0 fully saturated rings. The van der Waals surface area contributed by atoms with E-state index >= 15 is 0 Å². The van der Waals surface area contributed by atoms with Crippen LogP contribution in [0, 0.1) is 6.07 Å². The third-order valence-corrected chi connectivity index (χ3v) is 2.63. The van der Waals surface area contributed by atoms with Gasteiger partial charge in [-0.3, -0.25) is 0 Å². The van der Waals surface area contributed by atoms with Gasteiger partial charge in [0.2, 0.25) is 0 Å². The summed E-state index contributed by atoms with van der Waals surface area (Å²) in [5, 5.41) is 0.866. The molecule has 0 amide bonds. The third-order valence-electron chi connectivity index (χ3n) is 1.86. The van der Waals surface area contributed by atoms with Gasteiger partial charge in [0.1, 0.15) is 10.8 Å². The fourth-order valence-electron chi connectivity index (χ4n) is 1.08. The van der Waals surface area contributed by atoms with Gasteiger partial charge in [0.05, 0.1) is 11.6 Å². The van der Waals surface area contributed by atoms with Crippen molar-refractivity contribution < 1.29 is 4.74 Å². The zero-order chi connectivity index (χ0) is 10.4. The molecule has 0 aliphatic heterocycles. The highest BCUT2D eigenvalue weighted by atomic mass is 35.5. The summed E-state index contributed by atoms with van der Waals surface area (Å²) >= 11 is 11.7. The van der Waals surface area contributed by atoms with Gasteiger partial charge in [-0.15, -0.1) is 0 Å². The summed E-state index contributed by atoms with van der Waals surface area (Å²) in [6.07, 6.45) is 3.40. The second-order valence-corrected chi connectivity index (χ2v) is 3.78. The minimum Gasteiger partial charge on any atom is -0.492 e. The van der Waals surface area contributed by atoms with Crippen molar-refractivity contribution in [1.82, 2.24) is 0 Å². The molecular weight excluding hydrogens is 219 g/mol. The zero-order valence-electron chi connectivity index (χ0n) is 8.15. The highest BCUT2D eigenvalue weighted by Crippen LogP contribution is 2.31. The SMILES string of the molecule is CCCCCOc1cc[c]c(Cl)c1Cl. The topological polar surface area (TPSA) is 9.23 Å². The Hall–Kier alpha value is -0.400. The summed E-state index contributed by atoms with van der Waals surface area (Å²) in [4.78, 5) is 0. The number of halogens is 2. The molecule has 0 aliphatic carbocycles. The molecular formula is C11H13Cl2O. The number of unbranched alkanes of at least 4 members (excludes halogenated alkanes) is 2. The van der Waals surface area contributed by atoms with Crippen LogP contribution < -0.4 is 4.74 Å². The molecule has 0 saturated carbocycles. The van der Waals surface area contributed by atoms with Crippen LogP contribution in [0.5, 0.6) is 5.75 Å². The van der Waals surface area contributed by atoms with E-state index < -0.39 is 0 Å². The normalized spacial score (nSPS) is 10.2. The van der Waals surface area contributed by atoms with Crippen LogP contribution in [0.3, 0.4) is 0 Å². The van der Waals surface area contributed by atoms with E-state index in [9.17, 15) is 0 Å². The number of ether oxygens (including phenoxy) is 1. The van der Waals surface area contributed by atoms with Gasteiger partial charge in [-0.05, 0) is 18.6 Å². The number of rotatable bonds is 5. The van der Waals surface area contributed by atoms with Crippen LogP contribution in [0.2, 0.25) is 10.0 Å². The molecule has 0 bridgehead atoms. The molecule has 0 N–H and O–H groups in total. The van der Waals surface area contributed by atoms with Crippen molar-refractivity contribution in [1.29, 1.82) is 0 Å². The lowest BCUT2D eigenvalue weighted by atomic mass is 10.3. The maximum atomic E-state index is 5.92. The molecule has 1 rings (SSSR count). The summed E-state index contributed by atoms with van der Waals surface area (Å²) in [6, 6.07) is 6.28. The average molecular weight is 232 g/mol. The van der Waals surface area contributed by atoms with Gasteiger partial charge in [0.15, 0.2) is 0 Å². The molecule has 0 unspecified atom stereocenters. The molecule has 3 heteroatoms. The van der Waals surface area contributed by atoms with Crippen LogP contribution in [0.1, 0.15) is 26.2 Å². The summed E-state index contributed by atoms with van der Waals surface area (Å²) in [5.41, 5.74) is 0. The smallest absolute Gasteiger partial charge is 0.139 e. The Balaban J connectivity index is 2.46. The maximum absolute atomic E-state index is 5.92. The van der Waals surface area contributed by atoms with Gasteiger partial charge in [0, 0.05) is 6.07 Å². The van der Waals surface area contributed by atoms with Crippen molar-refractivity contribution in [2.24, 2.45) is 0 Å². The Kier molecular flexibility index (Phi) is 5.13. The summed E-state index contributed by atoms with van der Waals surface area (Å²) in [6.45, 7) is 2.84. The van der Waals surface area contributed by atoms with Gasteiger partial charge in [-0.1, -0.05) is 43.0 Å². The molecule has 0 heterocycles. The third kappa shape index (κ3) is 3.39. The van der Waals surface area contributed by atoms with Crippen molar-refractivity contribution in [2.45, 2.75) is 26.2 Å². The molecule has 1 aromatic rings. The van der Waals surface area contributed by atoms with Crippen LogP contribution in [0.4, 0.5) is 0 Å². The Morgan fingerprint density at radius 2 is 2.14 bits per heavy atom.